The summed E-state index contributed by atoms with van der Waals surface area (Å²) >= 11 is 0. The highest BCUT2D eigenvalue weighted by Gasteiger charge is 2.52. The van der Waals surface area contributed by atoms with Crippen molar-refractivity contribution < 1.29 is 9.59 Å². The van der Waals surface area contributed by atoms with Crippen LogP contribution < -0.4 is 0 Å². The Morgan fingerprint density at radius 2 is 1.90 bits per heavy atom. The number of carbonyl (C=O) groups is 2. The summed E-state index contributed by atoms with van der Waals surface area (Å²) < 4.78 is 1.75. The van der Waals surface area contributed by atoms with Gasteiger partial charge in [0.05, 0.1) is 12.0 Å². The van der Waals surface area contributed by atoms with Crippen LogP contribution in [0.2, 0.25) is 0 Å². The molecule has 1 spiro atoms. The van der Waals surface area contributed by atoms with Gasteiger partial charge in [0.15, 0.2) is 0 Å². The molecule has 6 heteroatoms. The molecule has 3 heterocycles. The SMILES string of the molecule is Cc1ncn(C)c1C(=O)N1CCCC12CCCN(C)C2=O. The fourth-order valence-electron chi connectivity index (χ4n) is 3.81. The molecule has 1 aromatic heterocycles. The van der Waals surface area contributed by atoms with Crippen molar-refractivity contribution in [3.8, 4) is 0 Å². The largest absolute Gasteiger partial charge is 0.344 e. The third-order valence-electron chi connectivity index (χ3n) is 4.89. The number of nitrogens with zero attached hydrogens (tertiary/aromatic N) is 4. The average molecular weight is 290 g/mol. The third kappa shape index (κ3) is 1.96. The normalized spacial score (nSPS) is 26.0. The summed E-state index contributed by atoms with van der Waals surface area (Å²) in [4.78, 5) is 33.4. The molecule has 0 radical (unpaired) electrons. The first-order valence-electron chi connectivity index (χ1n) is 7.53. The maximum atomic E-state index is 13.0. The van der Waals surface area contributed by atoms with Gasteiger partial charge in [0.2, 0.25) is 5.91 Å². The Bertz CT molecular complexity index is 575. The number of imidazole rings is 1. The molecule has 2 amide bonds. The van der Waals surface area contributed by atoms with Gasteiger partial charge >= 0.3 is 0 Å². The van der Waals surface area contributed by atoms with Crippen molar-refractivity contribution in [2.45, 2.75) is 38.1 Å². The predicted molar refractivity (Wildman–Crippen MR) is 77.8 cm³/mol. The van der Waals surface area contributed by atoms with Crippen LogP contribution in [0.5, 0.6) is 0 Å². The summed E-state index contributed by atoms with van der Waals surface area (Å²) in [6.07, 6.45) is 5.05. The maximum Gasteiger partial charge on any atom is 0.273 e. The molecule has 2 aliphatic rings. The molecule has 3 rings (SSSR count). The number of likely N-dealkylation sites (tertiary alicyclic amines) is 2. The fourth-order valence-corrected chi connectivity index (χ4v) is 3.81. The van der Waals surface area contributed by atoms with Crippen molar-refractivity contribution in [3.63, 3.8) is 0 Å². The molecule has 0 bridgehead atoms. The van der Waals surface area contributed by atoms with Gasteiger partial charge in [0, 0.05) is 27.2 Å². The van der Waals surface area contributed by atoms with Crippen molar-refractivity contribution in [3.05, 3.63) is 17.7 Å². The minimum atomic E-state index is -0.624. The van der Waals surface area contributed by atoms with E-state index in [4.69, 9.17) is 0 Å². The summed E-state index contributed by atoms with van der Waals surface area (Å²) in [5.74, 6) is 0.0353. The van der Waals surface area contributed by atoms with Crippen LogP contribution in [0.4, 0.5) is 0 Å². The molecular formula is C15H22N4O2. The molecule has 1 aromatic rings. The van der Waals surface area contributed by atoms with E-state index in [0.717, 1.165) is 37.9 Å². The van der Waals surface area contributed by atoms with Gasteiger partial charge in [0.1, 0.15) is 11.2 Å². The zero-order valence-electron chi connectivity index (χ0n) is 12.9. The van der Waals surface area contributed by atoms with E-state index in [1.54, 1.807) is 20.7 Å². The van der Waals surface area contributed by atoms with E-state index < -0.39 is 5.54 Å². The van der Waals surface area contributed by atoms with Gasteiger partial charge in [-0.05, 0) is 32.6 Å². The zero-order valence-corrected chi connectivity index (χ0v) is 12.9. The Labute approximate surface area is 124 Å². The first-order valence-corrected chi connectivity index (χ1v) is 7.53. The maximum absolute atomic E-state index is 13.0. The van der Waals surface area contributed by atoms with Crippen LogP contribution in [-0.4, -0.2) is 56.8 Å². The average Bonchev–Trinajstić information content (AvgIpc) is 3.01. The van der Waals surface area contributed by atoms with E-state index >= 15 is 0 Å². The van der Waals surface area contributed by atoms with E-state index in [1.165, 1.54) is 0 Å². The number of likely N-dealkylation sites (N-methyl/N-ethyl adjacent to an activating group) is 1. The number of piperidine rings is 1. The smallest absolute Gasteiger partial charge is 0.273 e. The van der Waals surface area contributed by atoms with Crippen molar-refractivity contribution in [2.24, 2.45) is 7.05 Å². The Morgan fingerprint density at radius 3 is 2.52 bits per heavy atom. The number of hydrogen-bond acceptors (Lipinski definition) is 3. The summed E-state index contributed by atoms with van der Waals surface area (Å²) in [6, 6.07) is 0. The molecular weight excluding hydrogens is 268 g/mol. The Balaban J connectivity index is 1.98. The summed E-state index contributed by atoms with van der Waals surface area (Å²) in [6.45, 7) is 3.28. The van der Waals surface area contributed by atoms with Crippen LogP contribution in [0.25, 0.3) is 0 Å². The lowest BCUT2D eigenvalue weighted by Gasteiger charge is -2.43. The highest BCUT2D eigenvalue weighted by Crippen LogP contribution is 2.38. The van der Waals surface area contributed by atoms with Crippen LogP contribution in [0.1, 0.15) is 41.9 Å². The van der Waals surface area contributed by atoms with Crippen LogP contribution in [0.3, 0.4) is 0 Å². The van der Waals surface area contributed by atoms with Crippen molar-refractivity contribution in [1.82, 2.24) is 19.4 Å². The fraction of sp³-hybridized carbons (Fsp3) is 0.667. The van der Waals surface area contributed by atoms with E-state index in [0.29, 0.717) is 12.2 Å². The van der Waals surface area contributed by atoms with Gasteiger partial charge in [-0.25, -0.2) is 4.98 Å². The standard InChI is InChI=1S/C15H22N4O2/c1-11-12(18(3)10-16-11)13(20)19-9-5-7-15(19)6-4-8-17(2)14(15)21/h10H,4-9H2,1-3H3. The van der Waals surface area contributed by atoms with E-state index in [-0.39, 0.29) is 11.8 Å². The molecule has 0 aromatic carbocycles. The topological polar surface area (TPSA) is 58.4 Å². The summed E-state index contributed by atoms with van der Waals surface area (Å²) in [7, 11) is 3.66. The second-order valence-electron chi connectivity index (χ2n) is 6.21. The molecule has 1 unspecified atom stereocenters. The van der Waals surface area contributed by atoms with E-state index in [2.05, 4.69) is 4.98 Å². The van der Waals surface area contributed by atoms with Crippen LogP contribution in [0, 0.1) is 6.92 Å². The number of carbonyl (C=O) groups excluding carboxylic acids is 2. The molecule has 21 heavy (non-hydrogen) atoms. The van der Waals surface area contributed by atoms with Gasteiger partial charge in [0.25, 0.3) is 5.91 Å². The van der Waals surface area contributed by atoms with E-state index in [9.17, 15) is 9.59 Å². The van der Waals surface area contributed by atoms with Crippen LogP contribution >= 0.6 is 0 Å². The minimum Gasteiger partial charge on any atom is -0.344 e. The van der Waals surface area contributed by atoms with Gasteiger partial charge in [-0.3, -0.25) is 9.59 Å². The number of hydrogen-bond donors (Lipinski definition) is 0. The first-order chi connectivity index (χ1) is 9.97. The molecule has 6 nitrogen and oxygen atoms in total. The van der Waals surface area contributed by atoms with Gasteiger partial charge in [-0.2, -0.15) is 0 Å². The third-order valence-corrected chi connectivity index (χ3v) is 4.89. The van der Waals surface area contributed by atoms with Crippen LogP contribution in [0.15, 0.2) is 6.33 Å². The predicted octanol–water partition coefficient (Wildman–Crippen LogP) is 0.956. The number of amides is 2. The lowest BCUT2D eigenvalue weighted by Crippen LogP contribution is -2.60. The molecule has 2 aliphatic heterocycles. The molecule has 1 atom stereocenters. The molecule has 2 fully saturated rings. The highest BCUT2D eigenvalue weighted by molar-refractivity contribution is 5.99. The molecule has 0 N–H and O–H groups in total. The van der Waals surface area contributed by atoms with Crippen molar-refractivity contribution in [1.29, 1.82) is 0 Å². The highest BCUT2D eigenvalue weighted by atomic mass is 16.2. The number of aryl methyl sites for hydroxylation is 2. The van der Waals surface area contributed by atoms with E-state index in [1.807, 2.05) is 21.0 Å². The van der Waals surface area contributed by atoms with Crippen molar-refractivity contribution >= 4 is 11.8 Å². The van der Waals surface area contributed by atoms with Gasteiger partial charge in [-0.1, -0.05) is 0 Å². The molecule has 2 saturated heterocycles. The first kappa shape index (κ1) is 14.1. The lowest BCUT2D eigenvalue weighted by atomic mass is 9.85. The Kier molecular flexibility index (Phi) is 3.26. The zero-order chi connectivity index (χ0) is 15.2. The number of rotatable bonds is 1. The van der Waals surface area contributed by atoms with Gasteiger partial charge < -0.3 is 14.4 Å². The second-order valence-corrected chi connectivity index (χ2v) is 6.21. The lowest BCUT2D eigenvalue weighted by molar-refractivity contribution is -0.144. The Morgan fingerprint density at radius 1 is 1.24 bits per heavy atom. The van der Waals surface area contributed by atoms with Gasteiger partial charge in [-0.15, -0.1) is 0 Å². The quantitative estimate of drug-likeness (QED) is 0.774. The second kappa shape index (κ2) is 4.86. The monoisotopic (exact) mass is 290 g/mol. The molecule has 0 saturated carbocycles. The van der Waals surface area contributed by atoms with Crippen LogP contribution in [-0.2, 0) is 11.8 Å². The van der Waals surface area contributed by atoms with Crippen molar-refractivity contribution in [2.75, 3.05) is 20.1 Å². The number of aromatic nitrogens is 2. The Hall–Kier alpha value is -1.85. The summed E-state index contributed by atoms with van der Waals surface area (Å²) in [5, 5.41) is 0. The minimum absolute atomic E-state index is 0.0614. The molecule has 0 aliphatic carbocycles. The summed E-state index contributed by atoms with van der Waals surface area (Å²) in [5.41, 5.74) is 0.694. The molecule has 114 valence electrons.